The fourth-order valence-electron chi connectivity index (χ4n) is 2.87. The Labute approximate surface area is 157 Å². The van der Waals surface area contributed by atoms with E-state index < -0.39 is 10.0 Å². The molecular weight excluding hydrogens is 350 g/mol. The normalized spacial score (nSPS) is 15.7. The first-order valence-corrected chi connectivity index (χ1v) is 11.0. The van der Waals surface area contributed by atoms with E-state index in [1.54, 1.807) is 31.3 Å². The number of nitrogens with one attached hydrogen (secondary N) is 2. The van der Waals surface area contributed by atoms with Gasteiger partial charge in [-0.25, -0.2) is 13.2 Å². The molecule has 6 nitrogen and oxygen atoms in total. The van der Waals surface area contributed by atoms with E-state index in [1.165, 1.54) is 10.7 Å². The van der Waals surface area contributed by atoms with Gasteiger partial charge in [0.15, 0.2) is 0 Å². The molecule has 0 aromatic heterocycles. The summed E-state index contributed by atoms with van der Waals surface area (Å²) in [6, 6.07) is 6.21. The third-order valence-electron chi connectivity index (χ3n) is 4.94. The Hall–Kier alpha value is -1.60. The number of sulfonamides is 1. The maximum Gasteiger partial charge on any atom is 0.319 e. The minimum Gasteiger partial charge on any atom is -0.338 e. The van der Waals surface area contributed by atoms with Crippen LogP contribution in [0.2, 0.25) is 0 Å². The lowest BCUT2D eigenvalue weighted by molar-refractivity contribution is 0.249. The van der Waals surface area contributed by atoms with Crippen molar-refractivity contribution >= 4 is 21.7 Å². The Morgan fingerprint density at radius 1 is 1.23 bits per heavy atom. The third kappa shape index (κ3) is 5.71. The molecule has 0 bridgehead atoms. The van der Waals surface area contributed by atoms with E-state index in [2.05, 4.69) is 24.5 Å². The van der Waals surface area contributed by atoms with Crippen LogP contribution in [-0.4, -0.2) is 38.4 Å². The first-order valence-electron chi connectivity index (χ1n) is 9.51. The predicted octanol–water partition coefficient (Wildman–Crippen LogP) is 3.81. The highest BCUT2D eigenvalue weighted by molar-refractivity contribution is 7.89. The van der Waals surface area contributed by atoms with E-state index in [1.807, 2.05) is 0 Å². The summed E-state index contributed by atoms with van der Waals surface area (Å²) in [6.07, 6.45) is 6.34. The number of urea groups is 1. The Kier molecular flexibility index (Phi) is 7.46. The largest absolute Gasteiger partial charge is 0.338 e. The molecule has 2 rings (SSSR count). The quantitative estimate of drug-likeness (QED) is 0.647. The van der Waals surface area contributed by atoms with Gasteiger partial charge in [0.25, 0.3) is 0 Å². The first-order chi connectivity index (χ1) is 12.4. The number of hydrogen-bond donors (Lipinski definition) is 2. The summed E-state index contributed by atoms with van der Waals surface area (Å²) in [6.45, 7) is 4.96. The van der Waals surface area contributed by atoms with Gasteiger partial charge in [0, 0.05) is 25.3 Å². The highest BCUT2D eigenvalue weighted by Gasteiger charge is 2.34. The van der Waals surface area contributed by atoms with E-state index in [0.717, 1.165) is 32.1 Å². The van der Waals surface area contributed by atoms with Crippen LogP contribution in [0.5, 0.6) is 0 Å². The molecular formula is C19H31N3O3S. The van der Waals surface area contributed by atoms with Crippen LogP contribution in [0, 0.1) is 5.92 Å². The average Bonchev–Trinajstić information content (AvgIpc) is 3.46. The maximum absolute atomic E-state index is 12.5. The summed E-state index contributed by atoms with van der Waals surface area (Å²) in [5, 5.41) is 5.66. The van der Waals surface area contributed by atoms with Gasteiger partial charge < -0.3 is 10.6 Å². The molecule has 1 saturated carbocycles. The van der Waals surface area contributed by atoms with E-state index >= 15 is 0 Å². The average molecular weight is 382 g/mol. The standard InChI is InChI=1S/C19H31N3O3S/c1-4-6-7-15(5-2)14-20-19(23)21-16-8-12-18(13-9-16)26(24,25)22(3)17-10-11-17/h8-9,12-13,15,17H,4-7,10-11,14H2,1-3H3,(H2,20,21,23). The lowest BCUT2D eigenvalue weighted by Gasteiger charge is -2.17. The lowest BCUT2D eigenvalue weighted by atomic mass is 9.99. The van der Waals surface area contributed by atoms with Gasteiger partial charge in [-0.15, -0.1) is 0 Å². The van der Waals surface area contributed by atoms with E-state index in [9.17, 15) is 13.2 Å². The highest BCUT2D eigenvalue weighted by Crippen LogP contribution is 2.30. The number of nitrogens with zero attached hydrogens (tertiary/aromatic N) is 1. The number of benzene rings is 1. The molecule has 26 heavy (non-hydrogen) atoms. The first kappa shape index (κ1) is 20.7. The van der Waals surface area contributed by atoms with Crippen LogP contribution in [0.25, 0.3) is 0 Å². The minimum atomic E-state index is -3.45. The van der Waals surface area contributed by atoms with Crippen LogP contribution in [0.15, 0.2) is 29.2 Å². The number of rotatable bonds is 10. The topological polar surface area (TPSA) is 78.5 Å². The number of unbranched alkanes of at least 4 members (excludes halogenated alkanes) is 1. The van der Waals surface area contributed by atoms with E-state index in [0.29, 0.717) is 18.2 Å². The SMILES string of the molecule is CCCCC(CC)CNC(=O)Nc1ccc(S(=O)(=O)N(C)C2CC2)cc1. The molecule has 0 radical (unpaired) electrons. The zero-order valence-electron chi connectivity index (χ0n) is 16.0. The number of carbonyl (C=O) groups excluding carboxylic acids is 1. The second kappa shape index (κ2) is 9.37. The summed E-state index contributed by atoms with van der Waals surface area (Å²) in [7, 11) is -1.83. The molecule has 1 aromatic rings. The molecule has 0 saturated heterocycles. The number of anilines is 1. The molecule has 2 amide bonds. The van der Waals surface area contributed by atoms with Crippen molar-refractivity contribution in [1.82, 2.24) is 9.62 Å². The van der Waals surface area contributed by atoms with Gasteiger partial charge in [-0.2, -0.15) is 4.31 Å². The van der Waals surface area contributed by atoms with Crippen molar-refractivity contribution in [2.45, 2.75) is 63.3 Å². The summed E-state index contributed by atoms with van der Waals surface area (Å²) in [4.78, 5) is 12.3. The monoisotopic (exact) mass is 381 g/mol. The number of hydrogen-bond acceptors (Lipinski definition) is 3. The second-order valence-corrected chi connectivity index (χ2v) is 9.03. The van der Waals surface area contributed by atoms with Gasteiger partial charge >= 0.3 is 6.03 Å². The van der Waals surface area contributed by atoms with Crippen LogP contribution >= 0.6 is 0 Å². The van der Waals surface area contributed by atoms with Crippen LogP contribution < -0.4 is 10.6 Å². The van der Waals surface area contributed by atoms with Crippen molar-refractivity contribution in [3.05, 3.63) is 24.3 Å². The molecule has 1 aliphatic rings. The van der Waals surface area contributed by atoms with Gasteiger partial charge in [0.05, 0.1) is 4.90 Å². The Balaban J connectivity index is 1.87. The van der Waals surface area contributed by atoms with Crippen LogP contribution in [0.3, 0.4) is 0 Å². The smallest absolute Gasteiger partial charge is 0.319 e. The van der Waals surface area contributed by atoms with Crippen LogP contribution in [-0.2, 0) is 10.0 Å². The molecule has 146 valence electrons. The molecule has 1 aromatic carbocycles. The Morgan fingerprint density at radius 3 is 2.42 bits per heavy atom. The molecule has 7 heteroatoms. The molecule has 1 fully saturated rings. The summed E-state index contributed by atoms with van der Waals surface area (Å²) >= 11 is 0. The molecule has 2 N–H and O–H groups in total. The highest BCUT2D eigenvalue weighted by atomic mass is 32.2. The zero-order chi connectivity index (χ0) is 19.2. The summed E-state index contributed by atoms with van der Waals surface area (Å²) < 4.78 is 26.4. The second-order valence-electron chi connectivity index (χ2n) is 7.03. The van der Waals surface area contributed by atoms with Crippen LogP contribution in [0.1, 0.15) is 52.4 Å². The molecule has 1 unspecified atom stereocenters. The van der Waals surface area contributed by atoms with Crippen molar-refractivity contribution in [1.29, 1.82) is 0 Å². The van der Waals surface area contributed by atoms with Crippen LogP contribution in [0.4, 0.5) is 10.5 Å². The zero-order valence-corrected chi connectivity index (χ0v) is 16.8. The predicted molar refractivity (Wildman–Crippen MR) is 105 cm³/mol. The van der Waals surface area contributed by atoms with E-state index in [4.69, 9.17) is 0 Å². The van der Waals surface area contributed by atoms with Gasteiger partial charge in [-0.3, -0.25) is 0 Å². The van der Waals surface area contributed by atoms with Crippen molar-refractivity contribution in [3.63, 3.8) is 0 Å². The molecule has 0 heterocycles. The van der Waals surface area contributed by atoms with Crippen molar-refractivity contribution in [2.24, 2.45) is 5.92 Å². The minimum absolute atomic E-state index is 0.128. The van der Waals surface area contributed by atoms with Crippen molar-refractivity contribution in [2.75, 3.05) is 18.9 Å². The van der Waals surface area contributed by atoms with E-state index in [-0.39, 0.29) is 17.0 Å². The molecule has 1 aliphatic carbocycles. The fourth-order valence-corrected chi connectivity index (χ4v) is 4.28. The maximum atomic E-state index is 12.5. The lowest BCUT2D eigenvalue weighted by Crippen LogP contribution is -2.33. The third-order valence-corrected chi connectivity index (χ3v) is 6.87. The van der Waals surface area contributed by atoms with Crippen molar-refractivity contribution < 1.29 is 13.2 Å². The summed E-state index contributed by atoms with van der Waals surface area (Å²) in [5.41, 5.74) is 0.581. The van der Waals surface area contributed by atoms with Gasteiger partial charge in [-0.05, 0) is 49.4 Å². The van der Waals surface area contributed by atoms with Crippen molar-refractivity contribution in [3.8, 4) is 0 Å². The number of amides is 2. The molecule has 1 atom stereocenters. The molecule has 0 spiro atoms. The Morgan fingerprint density at radius 2 is 1.88 bits per heavy atom. The fraction of sp³-hybridized carbons (Fsp3) is 0.632. The van der Waals surface area contributed by atoms with Gasteiger partial charge in [0.1, 0.15) is 0 Å². The van der Waals surface area contributed by atoms with Gasteiger partial charge in [0.2, 0.25) is 10.0 Å². The number of carbonyl (C=O) groups is 1. The molecule has 0 aliphatic heterocycles. The Bertz CT molecular complexity index is 684. The van der Waals surface area contributed by atoms with Gasteiger partial charge in [-0.1, -0.05) is 33.1 Å². The summed E-state index contributed by atoms with van der Waals surface area (Å²) in [5.74, 6) is 0.492.